The van der Waals surface area contributed by atoms with Gasteiger partial charge < -0.3 is 14.2 Å². The van der Waals surface area contributed by atoms with Gasteiger partial charge in [-0.25, -0.2) is 0 Å². The van der Waals surface area contributed by atoms with Gasteiger partial charge in [-0.3, -0.25) is 19.5 Å². The Bertz CT molecular complexity index is 1060. The van der Waals surface area contributed by atoms with Crippen LogP contribution in [0.15, 0.2) is 42.5 Å². The third-order valence-electron chi connectivity index (χ3n) is 7.03. The maximum Gasteiger partial charge on any atom is 0.260 e. The molecule has 0 unspecified atom stereocenters. The number of amides is 1. The molecule has 194 valence electrons. The zero-order chi connectivity index (χ0) is 24.0. The molecule has 0 saturated carbocycles. The van der Waals surface area contributed by atoms with Crippen molar-refractivity contribution in [1.82, 2.24) is 9.80 Å². The fraction of sp³-hybridized carbons (Fsp3) is 0.464. The maximum absolute atomic E-state index is 13.6. The van der Waals surface area contributed by atoms with Crippen LogP contribution >= 0.6 is 12.4 Å². The molecular formula is C28H36ClN3O4. The van der Waals surface area contributed by atoms with Crippen LogP contribution in [-0.2, 0) is 9.53 Å². The van der Waals surface area contributed by atoms with Crippen LogP contribution in [0.4, 0.5) is 5.69 Å². The third-order valence-corrected chi connectivity index (χ3v) is 7.03. The summed E-state index contributed by atoms with van der Waals surface area (Å²) in [5, 5.41) is 0. The van der Waals surface area contributed by atoms with Crippen molar-refractivity contribution >= 4 is 35.7 Å². The van der Waals surface area contributed by atoms with Gasteiger partial charge >= 0.3 is 0 Å². The van der Waals surface area contributed by atoms with E-state index in [1.807, 2.05) is 53.4 Å². The summed E-state index contributed by atoms with van der Waals surface area (Å²) in [5.41, 5.74) is 3.42. The second kappa shape index (κ2) is 12.6. The van der Waals surface area contributed by atoms with E-state index < -0.39 is 0 Å². The summed E-state index contributed by atoms with van der Waals surface area (Å²) in [6, 6.07) is 13.8. The molecule has 5 rings (SSSR count). The predicted molar refractivity (Wildman–Crippen MR) is 145 cm³/mol. The molecule has 1 amide bonds. The number of carbonyl (C=O) groups excluding carboxylic acids is 1. The number of hydrogen-bond donors (Lipinski definition) is 0. The average molecular weight is 514 g/mol. The van der Waals surface area contributed by atoms with E-state index in [4.69, 9.17) is 14.2 Å². The highest BCUT2D eigenvalue weighted by atomic mass is 35.5. The quantitative estimate of drug-likeness (QED) is 0.494. The Hall–Kier alpha value is -2.58. The van der Waals surface area contributed by atoms with E-state index >= 15 is 0 Å². The van der Waals surface area contributed by atoms with Crippen molar-refractivity contribution in [2.24, 2.45) is 0 Å². The number of likely N-dealkylation sites (tertiary alicyclic amines) is 1. The first-order chi connectivity index (χ1) is 17.2. The zero-order valence-corrected chi connectivity index (χ0v) is 21.8. The molecule has 36 heavy (non-hydrogen) atoms. The van der Waals surface area contributed by atoms with Crippen LogP contribution in [-0.4, -0.2) is 82.0 Å². The van der Waals surface area contributed by atoms with Crippen molar-refractivity contribution in [1.29, 1.82) is 0 Å². The van der Waals surface area contributed by atoms with E-state index in [1.54, 1.807) is 7.11 Å². The second-order valence-electron chi connectivity index (χ2n) is 9.33. The van der Waals surface area contributed by atoms with Gasteiger partial charge in [0.1, 0.15) is 18.1 Å². The first kappa shape index (κ1) is 26.5. The van der Waals surface area contributed by atoms with E-state index in [1.165, 1.54) is 19.3 Å². The number of morpholine rings is 1. The topological polar surface area (TPSA) is 54.5 Å². The minimum absolute atomic E-state index is 0. The number of para-hydroxylation sites is 1. The van der Waals surface area contributed by atoms with Crippen molar-refractivity contribution in [3.63, 3.8) is 0 Å². The number of nitrogens with zero attached hydrogens (tertiary/aromatic N) is 3. The number of hydrogen-bond acceptors (Lipinski definition) is 6. The molecule has 2 fully saturated rings. The monoisotopic (exact) mass is 513 g/mol. The van der Waals surface area contributed by atoms with E-state index in [0.29, 0.717) is 32.1 Å². The minimum atomic E-state index is 0. The lowest BCUT2D eigenvalue weighted by atomic mass is 10.0. The molecule has 0 bridgehead atoms. The van der Waals surface area contributed by atoms with E-state index in [0.717, 1.165) is 61.0 Å². The van der Waals surface area contributed by atoms with E-state index in [2.05, 4.69) is 9.80 Å². The fourth-order valence-corrected chi connectivity index (χ4v) is 5.08. The number of methoxy groups -OCH3 is 1. The van der Waals surface area contributed by atoms with Crippen LogP contribution in [0.25, 0.3) is 11.6 Å². The summed E-state index contributed by atoms with van der Waals surface area (Å²) >= 11 is 0. The zero-order valence-electron chi connectivity index (χ0n) is 21.0. The van der Waals surface area contributed by atoms with Gasteiger partial charge in [-0.1, -0.05) is 24.6 Å². The summed E-state index contributed by atoms with van der Waals surface area (Å²) < 4.78 is 17.2. The Morgan fingerprint density at radius 1 is 0.972 bits per heavy atom. The molecule has 0 N–H and O–H groups in total. The number of piperidine rings is 1. The molecule has 3 aliphatic heterocycles. The Labute approximate surface area is 220 Å². The first-order valence-corrected chi connectivity index (χ1v) is 12.7. The number of ether oxygens (including phenoxy) is 3. The highest BCUT2D eigenvalue weighted by molar-refractivity contribution is 6.35. The lowest BCUT2D eigenvalue weighted by Crippen LogP contribution is -2.45. The largest absolute Gasteiger partial charge is 0.496 e. The van der Waals surface area contributed by atoms with Gasteiger partial charge in [-0.05, 0) is 56.3 Å². The van der Waals surface area contributed by atoms with Gasteiger partial charge in [-0.15, -0.1) is 12.4 Å². The standard InChI is InChI=1S/C28H35N3O4.ClH/c1-33-27-10-9-23(35-18-15-29-11-5-2-6-12-29)19-22(27)20-25-24-7-3-4-8-26(24)31(28(25)32)21-30-13-16-34-17-14-30;/h3-4,7-10,19-20H,2,5-6,11-18,21H2,1H3;1H/b25-20+;. The van der Waals surface area contributed by atoms with E-state index in [-0.39, 0.29) is 18.3 Å². The molecule has 0 aromatic heterocycles. The van der Waals surface area contributed by atoms with Crippen LogP contribution in [0.2, 0.25) is 0 Å². The summed E-state index contributed by atoms with van der Waals surface area (Å²) in [5.74, 6) is 1.52. The van der Waals surface area contributed by atoms with Crippen LogP contribution in [0.5, 0.6) is 11.5 Å². The molecule has 0 aliphatic carbocycles. The van der Waals surface area contributed by atoms with Gasteiger partial charge in [0.25, 0.3) is 5.91 Å². The SMILES string of the molecule is COc1ccc(OCCN2CCCCC2)cc1/C=C1/C(=O)N(CN2CCOCC2)c2ccccc21.Cl. The molecule has 8 heteroatoms. The van der Waals surface area contributed by atoms with Gasteiger partial charge in [0.05, 0.1) is 32.7 Å². The molecule has 0 atom stereocenters. The van der Waals surface area contributed by atoms with Gasteiger partial charge in [0.15, 0.2) is 0 Å². The molecule has 2 aromatic rings. The summed E-state index contributed by atoms with van der Waals surface area (Å²) in [7, 11) is 1.66. The normalized spacial score (nSPS) is 19.8. The molecule has 3 heterocycles. The summed E-state index contributed by atoms with van der Waals surface area (Å²) in [6.07, 6.45) is 5.83. The van der Waals surface area contributed by atoms with Crippen LogP contribution in [0, 0.1) is 0 Å². The summed E-state index contributed by atoms with van der Waals surface area (Å²) in [4.78, 5) is 20.2. The van der Waals surface area contributed by atoms with Crippen LogP contribution < -0.4 is 14.4 Å². The number of rotatable bonds is 8. The average Bonchev–Trinajstić information content (AvgIpc) is 3.16. The van der Waals surface area contributed by atoms with Crippen molar-refractivity contribution in [2.45, 2.75) is 19.3 Å². The Kier molecular flexibility index (Phi) is 9.26. The van der Waals surface area contributed by atoms with Crippen molar-refractivity contribution in [3.8, 4) is 11.5 Å². The van der Waals surface area contributed by atoms with Crippen molar-refractivity contribution in [2.75, 3.05) is 71.2 Å². The van der Waals surface area contributed by atoms with Crippen molar-refractivity contribution in [3.05, 3.63) is 53.6 Å². The molecule has 2 aromatic carbocycles. The first-order valence-electron chi connectivity index (χ1n) is 12.7. The number of fused-ring (bicyclic) bond motifs is 1. The molecule has 0 spiro atoms. The van der Waals surface area contributed by atoms with Crippen LogP contribution in [0.3, 0.4) is 0 Å². The Balaban J connectivity index is 0.00000304. The highest BCUT2D eigenvalue weighted by Crippen LogP contribution is 2.39. The molecule has 7 nitrogen and oxygen atoms in total. The lowest BCUT2D eigenvalue weighted by Gasteiger charge is -2.30. The van der Waals surface area contributed by atoms with Gasteiger partial charge in [0.2, 0.25) is 0 Å². The lowest BCUT2D eigenvalue weighted by molar-refractivity contribution is -0.113. The Morgan fingerprint density at radius 2 is 1.75 bits per heavy atom. The Morgan fingerprint density at radius 3 is 2.53 bits per heavy atom. The van der Waals surface area contributed by atoms with Gasteiger partial charge in [0, 0.05) is 36.3 Å². The predicted octanol–water partition coefficient (Wildman–Crippen LogP) is 4.16. The van der Waals surface area contributed by atoms with Gasteiger partial charge in [-0.2, -0.15) is 0 Å². The highest BCUT2D eigenvalue weighted by Gasteiger charge is 2.33. The number of anilines is 1. The number of halogens is 1. The van der Waals surface area contributed by atoms with E-state index in [9.17, 15) is 4.79 Å². The van der Waals surface area contributed by atoms with Crippen molar-refractivity contribution < 1.29 is 19.0 Å². The smallest absolute Gasteiger partial charge is 0.260 e. The summed E-state index contributed by atoms with van der Waals surface area (Å²) in [6.45, 7) is 7.53. The van der Waals surface area contributed by atoms with Crippen LogP contribution in [0.1, 0.15) is 30.4 Å². The molecular weight excluding hydrogens is 478 g/mol. The maximum atomic E-state index is 13.6. The minimum Gasteiger partial charge on any atom is -0.496 e. The molecule has 0 radical (unpaired) electrons. The number of benzene rings is 2. The molecule has 3 aliphatic rings. The second-order valence-corrected chi connectivity index (χ2v) is 9.33. The fourth-order valence-electron chi connectivity index (χ4n) is 5.08. The molecule has 2 saturated heterocycles. The number of carbonyl (C=O) groups is 1. The third kappa shape index (κ3) is 6.03.